The quantitative estimate of drug-likeness (QED) is 0.578. The number of fused-ring (bicyclic) bond motifs is 1. The van der Waals surface area contributed by atoms with Crippen LogP contribution in [0, 0.1) is 19.7 Å². The molecule has 4 aromatic rings. The minimum absolute atomic E-state index is 0.247. The molecule has 0 unspecified atom stereocenters. The minimum atomic E-state index is -0.283. The van der Waals surface area contributed by atoms with Gasteiger partial charge in [-0.15, -0.1) is 5.10 Å². The maximum Gasteiger partial charge on any atom is 0.187 e. The van der Waals surface area contributed by atoms with Gasteiger partial charge in [0.15, 0.2) is 17.0 Å². The summed E-state index contributed by atoms with van der Waals surface area (Å²) in [6.07, 6.45) is 1.44. The lowest BCUT2D eigenvalue weighted by Crippen LogP contribution is -2.06. The van der Waals surface area contributed by atoms with Crippen LogP contribution in [-0.2, 0) is 6.54 Å². The molecule has 0 aliphatic heterocycles. The number of benzene rings is 1. The van der Waals surface area contributed by atoms with Crippen LogP contribution >= 0.6 is 0 Å². The van der Waals surface area contributed by atoms with Crippen molar-refractivity contribution in [3.8, 4) is 5.82 Å². The third-order valence-corrected chi connectivity index (χ3v) is 3.77. The average molecular weight is 323 g/mol. The number of nitrogens with zero attached hydrogens (tertiary/aromatic N) is 7. The second-order valence-corrected chi connectivity index (χ2v) is 5.55. The van der Waals surface area contributed by atoms with E-state index in [0.29, 0.717) is 22.5 Å². The minimum Gasteiger partial charge on any atom is -0.222 e. The third kappa shape index (κ3) is 2.32. The first-order valence-electron chi connectivity index (χ1n) is 7.45. The van der Waals surface area contributed by atoms with Gasteiger partial charge in [-0.05, 0) is 26.0 Å². The van der Waals surface area contributed by atoms with Gasteiger partial charge in [-0.3, -0.25) is 0 Å². The van der Waals surface area contributed by atoms with E-state index >= 15 is 0 Å². The van der Waals surface area contributed by atoms with Crippen LogP contribution in [0.2, 0.25) is 0 Å². The summed E-state index contributed by atoms with van der Waals surface area (Å²) >= 11 is 0. The molecule has 8 heteroatoms. The summed E-state index contributed by atoms with van der Waals surface area (Å²) in [7, 11) is 0. The second kappa shape index (κ2) is 5.48. The Kier molecular flexibility index (Phi) is 3.30. The van der Waals surface area contributed by atoms with Gasteiger partial charge in [0.05, 0.1) is 12.2 Å². The lowest BCUT2D eigenvalue weighted by atomic mass is 10.2. The van der Waals surface area contributed by atoms with E-state index in [2.05, 4.69) is 25.4 Å². The maximum atomic E-state index is 13.9. The zero-order valence-corrected chi connectivity index (χ0v) is 13.2. The molecule has 0 spiro atoms. The first-order chi connectivity index (χ1) is 11.6. The van der Waals surface area contributed by atoms with Gasteiger partial charge in [-0.25, -0.2) is 23.7 Å². The van der Waals surface area contributed by atoms with E-state index in [0.717, 1.165) is 11.4 Å². The standard InChI is InChI=1S/C16H14FN7/c1-10-7-11(2)24(21-10)16-14-15(18-9-19-16)23(22-20-14)8-12-5-3-4-6-13(12)17/h3-7,9H,8H2,1-2H3. The van der Waals surface area contributed by atoms with Crippen LogP contribution < -0.4 is 0 Å². The molecule has 1 aromatic carbocycles. The monoisotopic (exact) mass is 323 g/mol. The van der Waals surface area contributed by atoms with E-state index in [1.54, 1.807) is 27.6 Å². The van der Waals surface area contributed by atoms with Crippen molar-refractivity contribution in [3.63, 3.8) is 0 Å². The molecule has 0 bridgehead atoms. The smallest absolute Gasteiger partial charge is 0.187 e. The van der Waals surface area contributed by atoms with Crippen LogP contribution in [0.25, 0.3) is 17.0 Å². The van der Waals surface area contributed by atoms with E-state index in [9.17, 15) is 4.39 Å². The van der Waals surface area contributed by atoms with E-state index in [-0.39, 0.29) is 12.4 Å². The lowest BCUT2D eigenvalue weighted by molar-refractivity contribution is 0.582. The topological polar surface area (TPSA) is 74.3 Å². The van der Waals surface area contributed by atoms with Crippen molar-refractivity contribution in [2.45, 2.75) is 20.4 Å². The van der Waals surface area contributed by atoms with Crippen LogP contribution in [0.15, 0.2) is 36.7 Å². The second-order valence-electron chi connectivity index (χ2n) is 5.55. The van der Waals surface area contributed by atoms with E-state index in [4.69, 9.17) is 0 Å². The number of halogens is 1. The Morgan fingerprint density at radius 1 is 1.12 bits per heavy atom. The summed E-state index contributed by atoms with van der Waals surface area (Å²) < 4.78 is 17.1. The van der Waals surface area contributed by atoms with Gasteiger partial charge in [-0.1, -0.05) is 23.4 Å². The van der Waals surface area contributed by atoms with Crippen LogP contribution in [0.5, 0.6) is 0 Å². The highest BCUT2D eigenvalue weighted by Gasteiger charge is 2.16. The molecule has 0 aliphatic rings. The predicted molar refractivity (Wildman–Crippen MR) is 85.2 cm³/mol. The molecule has 0 radical (unpaired) electrons. The van der Waals surface area contributed by atoms with E-state index in [1.165, 1.54) is 12.4 Å². The fourth-order valence-electron chi connectivity index (χ4n) is 2.67. The molecule has 0 aliphatic carbocycles. The van der Waals surface area contributed by atoms with Gasteiger partial charge in [-0.2, -0.15) is 5.10 Å². The molecule has 3 aromatic heterocycles. The Balaban J connectivity index is 1.82. The first kappa shape index (κ1) is 14.4. The summed E-state index contributed by atoms with van der Waals surface area (Å²) in [5.74, 6) is 0.277. The number of rotatable bonds is 3. The fraction of sp³-hybridized carbons (Fsp3) is 0.188. The highest BCUT2D eigenvalue weighted by atomic mass is 19.1. The molecule has 0 fully saturated rings. The Hall–Kier alpha value is -3.16. The largest absolute Gasteiger partial charge is 0.222 e. The summed E-state index contributed by atoms with van der Waals surface area (Å²) in [6.45, 7) is 4.10. The Bertz CT molecular complexity index is 1030. The maximum absolute atomic E-state index is 13.9. The Morgan fingerprint density at radius 3 is 2.71 bits per heavy atom. The van der Waals surface area contributed by atoms with E-state index in [1.807, 2.05) is 19.9 Å². The van der Waals surface area contributed by atoms with Gasteiger partial charge < -0.3 is 0 Å². The summed E-state index contributed by atoms with van der Waals surface area (Å²) in [6, 6.07) is 8.53. The summed E-state index contributed by atoms with van der Waals surface area (Å²) in [4.78, 5) is 8.54. The zero-order valence-electron chi connectivity index (χ0n) is 13.2. The molecule has 0 N–H and O–H groups in total. The molecule has 0 atom stereocenters. The van der Waals surface area contributed by atoms with Crippen molar-refractivity contribution < 1.29 is 4.39 Å². The van der Waals surface area contributed by atoms with Crippen molar-refractivity contribution in [2.24, 2.45) is 0 Å². The molecule has 0 amide bonds. The zero-order chi connectivity index (χ0) is 16.7. The van der Waals surface area contributed by atoms with Crippen LogP contribution in [0.1, 0.15) is 17.0 Å². The highest BCUT2D eigenvalue weighted by Crippen LogP contribution is 2.18. The van der Waals surface area contributed by atoms with Crippen LogP contribution in [-0.4, -0.2) is 34.7 Å². The fourth-order valence-corrected chi connectivity index (χ4v) is 2.67. The van der Waals surface area contributed by atoms with Crippen molar-refractivity contribution in [1.82, 2.24) is 34.7 Å². The summed E-state index contributed by atoms with van der Waals surface area (Å²) in [5.41, 5.74) is 3.42. The molecular formula is C16H14FN7. The lowest BCUT2D eigenvalue weighted by Gasteiger charge is -2.05. The molecule has 120 valence electrons. The van der Waals surface area contributed by atoms with Crippen molar-refractivity contribution in [2.75, 3.05) is 0 Å². The third-order valence-electron chi connectivity index (χ3n) is 3.77. The van der Waals surface area contributed by atoms with Gasteiger partial charge in [0.2, 0.25) is 0 Å². The highest BCUT2D eigenvalue weighted by molar-refractivity contribution is 5.77. The molecule has 3 heterocycles. The normalized spacial score (nSPS) is 11.3. The van der Waals surface area contributed by atoms with E-state index < -0.39 is 0 Å². The molecular weight excluding hydrogens is 309 g/mol. The van der Waals surface area contributed by atoms with Crippen molar-refractivity contribution in [1.29, 1.82) is 0 Å². The predicted octanol–water partition coefficient (Wildman–Crippen LogP) is 2.21. The SMILES string of the molecule is Cc1cc(C)n(-c2ncnc3c2nnn3Cc2ccccc2F)n1. The van der Waals surface area contributed by atoms with Gasteiger partial charge >= 0.3 is 0 Å². The molecule has 24 heavy (non-hydrogen) atoms. The Labute approximate surface area is 136 Å². The summed E-state index contributed by atoms with van der Waals surface area (Å²) in [5, 5.41) is 12.7. The average Bonchev–Trinajstić information content (AvgIpc) is 3.12. The Morgan fingerprint density at radius 2 is 1.96 bits per heavy atom. The van der Waals surface area contributed by atoms with Crippen LogP contribution in [0.4, 0.5) is 4.39 Å². The van der Waals surface area contributed by atoms with Crippen molar-refractivity contribution >= 4 is 11.2 Å². The molecule has 0 saturated heterocycles. The molecule has 4 rings (SSSR count). The number of aryl methyl sites for hydroxylation is 2. The number of hydrogen-bond donors (Lipinski definition) is 0. The van der Waals surface area contributed by atoms with Gasteiger partial charge in [0.1, 0.15) is 12.1 Å². The van der Waals surface area contributed by atoms with Crippen LogP contribution in [0.3, 0.4) is 0 Å². The molecule has 0 saturated carbocycles. The first-order valence-corrected chi connectivity index (χ1v) is 7.45. The number of hydrogen-bond acceptors (Lipinski definition) is 5. The van der Waals surface area contributed by atoms with Gasteiger partial charge in [0, 0.05) is 11.3 Å². The van der Waals surface area contributed by atoms with Crippen molar-refractivity contribution in [3.05, 3.63) is 59.4 Å². The molecule has 7 nitrogen and oxygen atoms in total. The number of aromatic nitrogens is 7. The van der Waals surface area contributed by atoms with Gasteiger partial charge in [0.25, 0.3) is 0 Å².